The van der Waals surface area contributed by atoms with Crippen molar-refractivity contribution in [2.45, 2.75) is 58.0 Å². The maximum atomic E-state index is 5.84. The van der Waals surface area contributed by atoms with Crippen LogP contribution < -0.4 is 0 Å². The van der Waals surface area contributed by atoms with Gasteiger partial charge in [-0.2, -0.15) is 0 Å². The number of nitrogens with zero attached hydrogens (tertiary/aromatic N) is 1. The van der Waals surface area contributed by atoms with Crippen molar-refractivity contribution in [2.24, 2.45) is 0 Å². The van der Waals surface area contributed by atoms with Gasteiger partial charge in [0.15, 0.2) is 0 Å². The van der Waals surface area contributed by atoms with Crippen LogP contribution in [0.3, 0.4) is 0 Å². The van der Waals surface area contributed by atoms with Gasteiger partial charge in [-0.15, -0.1) is 0 Å². The van der Waals surface area contributed by atoms with Crippen molar-refractivity contribution in [3.8, 4) is 0 Å². The predicted molar refractivity (Wildman–Crippen MR) is 69.5 cm³/mol. The van der Waals surface area contributed by atoms with E-state index in [1.165, 1.54) is 25.7 Å². The Bertz CT molecular complexity index is 197. The van der Waals surface area contributed by atoms with Crippen LogP contribution in [-0.2, 0) is 8.85 Å². The molecule has 0 spiro atoms. The smallest absolute Gasteiger partial charge is 0.386 e. The molecule has 0 radical (unpaired) electrons. The molecule has 4 heteroatoms. The van der Waals surface area contributed by atoms with Crippen molar-refractivity contribution in [2.75, 3.05) is 20.8 Å². The summed E-state index contributed by atoms with van der Waals surface area (Å²) in [5.74, 6) is 0. The molecule has 1 saturated heterocycles. The van der Waals surface area contributed by atoms with Crippen LogP contribution in [0.2, 0.25) is 6.04 Å². The van der Waals surface area contributed by atoms with Gasteiger partial charge in [0.2, 0.25) is 0 Å². The van der Waals surface area contributed by atoms with Gasteiger partial charge in [-0.1, -0.05) is 26.7 Å². The fraction of sp³-hybridized carbons (Fsp3) is 1.00. The Balaban J connectivity index is 2.81. The molecule has 1 rings (SSSR count). The monoisotopic (exact) mass is 245 g/mol. The first kappa shape index (κ1) is 14.2. The van der Waals surface area contributed by atoms with E-state index in [2.05, 4.69) is 18.4 Å². The predicted octanol–water partition coefficient (Wildman–Crippen LogP) is 2.89. The Kier molecular flexibility index (Phi) is 5.96. The van der Waals surface area contributed by atoms with Crippen LogP contribution in [0.15, 0.2) is 0 Å². The first-order valence-electron chi connectivity index (χ1n) is 6.61. The summed E-state index contributed by atoms with van der Waals surface area (Å²) in [6.07, 6.45) is 6.31. The summed E-state index contributed by atoms with van der Waals surface area (Å²) >= 11 is 0. The fourth-order valence-corrected chi connectivity index (χ4v) is 6.18. The molecule has 1 atom stereocenters. The van der Waals surface area contributed by atoms with E-state index < -0.39 is 8.72 Å². The summed E-state index contributed by atoms with van der Waals surface area (Å²) in [6, 6.07) is 1.75. The van der Waals surface area contributed by atoms with E-state index in [0.29, 0.717) is 6.04 Å². The van der Waals surface area contributed by atoms with Crippen molar-refractivity contribution in [3.63, 3.8) is 0 Å². The van der Waals surface area contributed by atoms with E-state index in [1.807, 2.05) is 14.2 Å². The second-order valence-electron chi connectivity index (χ2n) is 4.62. The SMILES string of the molecule is CCC[Si](OC)(OC)N1CCCCC1CC. The van der Waals surface area contributed by atoms with Gasteiger partial charge < -0.3 is 8.85 Å². The summed E-state index contributed by atoms with van der Waals surface area (Å²) in [4.78, 5) is 0. The fourth-order valence-electron chi connectivity index (χ4n) is 2.86. The third-order valence-corrected chi connectivity index (χ3v) is 7.61. The normalized spacial score (nSPS) is 23.6. The van der Waals surface area contributed by atoms with Crippen LogP contribution in [0, 0.1) is 0 Å². The molecule has 0 aromatic heterocycles. The molecule has 1 heterocycles. The number of rotatable bonds is 6. The van der Waals surface area contributed by atoms with Crippen LogP contribution in [-0.4, -0.2) is 40.1 Å². The maximum Gasteiger partial charge on any atom is 0.427 e. The molecule has 1 aliphatic rings. The van der Waals surface area contributed by atoms with Crippen molar-refractivity contribution in [3.05, 3.63) is 0 Å². The summed E-state index contributed by atoms with van der Waals surface area (Å²) < 4.78 is 14.3. The molecular formula is C12H27NO2Si. The van der Waals surface area contributed by atoms with Gasteiger partial charge in [0.1, 0.15) is 0 Å². The zero-order valence-electron chi connectivity index (χ0n) is 11.3. The lowest BCUT2D eigenvalue weighted by Gasteiger charge is -2.45. The molecule has 0 aromatic rings. The Morgan fingerprint density at radius 1 is 1.19 bits per heavy atom. The minimum atomic E-state index is -2.09. The van der Waals surface area contributed by atoms with E-state index >= 15 is 0 Å². The van der Waals surface area contributed by atoms with Gasteiger partial charge in [-0.05, 0) is 25.8 Å². The third kappa shape index (κ3) is 2.86. The zero-order valence-corrected chi connectivity index (χ0v) is 12.3. The van der Waals surface area contributed by atoms with Crippen LogP contribution in [0.1, 0.15) is 46.0 Å². The lowest BCUT2D eigenvalue weighted by atomic mass is 10.0. The molecule has 96 valence electrons. The maximum absolute atomic E-state index is 5.84. The van der Waals surface area contributed by atoms with E-state index in [9.17, 15) is 0 Å². The van der Waals surface area contributed by atoms with E-state index in [0.717, 1.165) is 19.0 Å². The molecular weight excluding hydrogens is 218 g/mol. The van der Waals surface area contributed by atoms with Gasteiger partial charge in [-0.25, -0.2) is 0 Å². The minimum absolute atomic E-state index is 0.673. The molecule has 0 bridgehead atoms. The highest BCUT2D eigenvalue weighted by atomic mass is 28.4. The highest BCUT2D eigenvalue weighted by Crippen LogP contribution is 2.29. The van der Waals surface area contributed by atoms with Crippen molar-refractivity contribution in [1.29, 1.82) is 0 Å². The summed E-state index contributed by atoms with van der Waals surface area (Å²) in [5.41, 5.74) is 0. The summed E-state index contributed by atoms with van der Waals surface area (Å²) in [5, 5.41) is 0. The highest BCUT2D eigenvalue weighted by Gasteiger charge is 2.46. The number of piperidine rings is 1. The molecule has 1 fully saturated rings. The van der Waals surface area contributed by atoms with Crippen LogP contribution >= 0.6 is 0 Å². The van der Waals surface area contributed by atoms with E-state index in [4.69, 9.17) is 8.85 Å². The van der Waals surface area contributed by atoms with Gasteiger partial charge in [0.05, 0.1) is 0 Å². The molecule has 0 saturated carbocycles. The van der Waals surface area contributed by atoms with Crippen molar-refractivity contribution < 1.29 is 8.85 Å². The molecule has 0 N–H and O–H groups in total. The molecule has 1 unspecified atom stereocenters. The highest BCUT2D eigenvalue weighted by molar-refractivity contribution is 6.64. The second-order valence-corrected chi connectivity index (χ2v) is 7.94. The van der Waals surface area contributed by atoms with Crippen molar-refractivity contribution >= 4 is 8.72 Å². The average molecular weight is 245 g/mol. The summed E-state index contributed by atoms with van der Waals surface area (Å²) in [7, 11) is 1.56. The summed E-state index contributed by atoms with van der Waals surface area (Å²) in [6.45, 7) is 5.65. The molecule has 3 nitrogen and oxygen atoms in total. The average Bonchev–Trinajstić information content (AvgIpc) is 2.36. The topological polar surface area (TPSA) is 21.7 Å². The van der Waals surface area contributed by atoms with E-state index in [-0.39, 0.29) is 0 Å². The van der Waals surface area contributed by atoms with Crippen molar-refractivity contribution in [1.82, 2.24) is 4.57 Å². The largest absolute Gasteiger partial charge is 0.427 e. The third-order valence-electron chi connectivity index (χ3n) is 3.74. The van der Waals surface area contributed by atoms with Crippen LogP contribution in [0.4, 0.5) is 0 Å². The molecule has 1 aliphatic heterocycles. The quantitative estimate of drug-likeness (QED) is 0.672. The molecule has 0 aromatic carbocycles. The van der Waals surface area contributed by atoms with Gasteiger partial charge in [-0.3, -0.25) is 4.57 Å². The Labute approximate surface area is 101 Å². The standard InChI is InChI=1S/C12H27NO2Si/c1-5-11-16(14-3,15-4)13-10-8-7-9-12(13)6-2/h12H,5-11H2,1-4H3. The second kappa shape index (κ2) is 6.74. The minimum Gasteiger partial charge on any atom is -0.386 e. The van der Waals surface area contributed by atoms with Gasteiger partial charge >= 0.3 is 8.72 Å². The number of hydrogen-bond donors (Lipinski definition) is 0. The molecule has 0 amide bonds. The van der Waals surface area contributed by atoms with Crippen LogP contribution in [0.5, 0.6) is 0 Å². The lowest BCUT2D eigenvalue weighted by Crippen LogP contribution is -2.62. The van der Waals surface area contributed by atoms with E-state index in [1.54, 1.807) is 0 Å². The Hall–Kier alpha value is 0.0969. The Morgan fingerprint density at radius 3 is 2.38 bits per heavy atom. The van der Waals surface area contributed by atoms with Gasteiger partial charge in [0.25, 0.3) is 0 Å². The zero-order chi connectivity index (χ0) is 12.0. The van der Waals surface area contributed by atoms with Gasteiger partial charge in [0, 0.05) is 26.3 Å². The lowest BCUT2D eigenvalue weighted by molar-refractivity contribution is 0.112. The Morgan fingerprint density at radius 2 is 1.88 bits per heavy atom. The molecule has 0 aliphatic carbocycles. The first-order chi connectivity index (χ1) is 7.74. The number of hydrogen-bond acceptors (Lipinski definition) is 3. The molecule has 16 heavy (non-hydrogen) atoms. The van der Waals surface area contributed by atoms with Crippen LogP contribution in [0.25, 0.3) is 0 Å². The first-order valence-corrected chi connectivity index (χ1v) is 8.58.